The SMILES string of the molecule is COc1cc(SCC(=O)O)ccc1Br. The highest BCUT2D eigenvalue weighted by atomic mass is 79.9. The molecule has 3 nitrogen and oxygen atoms in total. The van der Waals surface area contributed by atoms with Gasteiger partial charge in [0.15, 0.2) is 0 Å². The fourth-order valence-corrected chi connectivity index (χ4v) is 1.93. The van der Waals surface area contributed by atoms with Crippen molar-refractivity contribution < 1.29 is 14.6 Å². The fraction of sp³-hybridized carbons (Fsp3) is 0.222. The average molecular weight is 277 g/mol. The summed E-state index contributed by atoms with van der Waals surface area (Å²) in [6.07, 6.45) is 0. The van der Waals surface area contributed by atoms with Gasteiger partial charge in [-0.25, -0.2) is 0 Å². The van der Waals surface area contributed by atoms with E-state index in [0.29, 0.717) is 5.75 Å². The molecule has 0 aromatic heterocycles. The highest BCUT2D eigenvalue weighted by Crippen LogP contribution is 2.29. The van der Waals surface area contributed by atoms with Gasteiger partial charge in [-0.3, -0.25) is 4.79 Å². The molecule has 0 aliphatic rings. The van der Waals surface area contributed by atoms with E-state index in [1.807, 2.05) is 12.1 Å². The van der Waals surface area contributed by atoms with Gasteiger partial charge in [0, 0.05) is 4.90 Å². The number of methoxy groups -OCH3 is 1. The third-order valence-electron chi connectivity index (χ3n) is 1.48. The van der Waals surface area contributed by atoms with E-state index < -0.39 is 5.97 Å². The van der Waals surface area contributed by atoms with Crippen LogP contribution in [-0.4, -0.2) is 23.9 Å². The number of carboxylic acids is 1. The molecule has 0 radical (unpaired) electrons. The van der Waals surface area contributed by atoms with E-state index in [1.165, 1.54) is 11.8 Å². The summed E-state index contributed by atoms with van der Waals surface area (Å²) >= 11 is 4.59. The number of carboxylic acid groups (broad SMARTS) is 1. The van der Waals surface area contributed by atoms with E-state index in [1.54, 1.807) is 13.2 Å². The predicted octanol–water partition coefficient (Wildman–Crippen LogP) is 2.63. The largest absolute Gasteiger partial charge is 0.496 e. The van der Waals surface area contributed by atoms with E-state index in [4.69, 9.17) is 9.84 Å². The van der Waals surface area contributed by atoms with Crippen LogP contribution in [0.5, 0.6) is 5.75 Å². The fourth-order valence-electron chi connectivity index (χ4n) is 0.875. The molecule has 1 aromatic rings. The predicted molar refractivity (Wildman–Crippen MR) is 59.1 cm³/mol. The molecule has 0 bridgehead atoms. The maximum absolute atomic E-state index is 10.3. The van der Waals surface area contributed by atoms with Gasteiger partial charge in [0.05, 0.1) is 17.3 Å². The van der Waals surface area contributed by atoms with Crippen LogP contribution in [0, 0.1) is 0 Å². The van der Waals surface area contributed by atoms with Crippen molar-refractivity contribution in [3.63, 3.8) is 0 Å². The molecule has 0 saturated carbocycles. The molecule has 1 aromatic carbocycles. The van der Waals surface area contributed by atoms with Gasteiger partial charge >= 0.3 is 5.97 Å². The first-order valence-corrected chi connectivity index (χ1v) is 5.59. The lowest BCUT2D eigenvalue weighted by Crippen LogP contribution is -1.97. The summed E-state index contributed by atoms with van der Waals surface area (Å²) in [5, 5.41) is 8.49. The molecule has 0 saturated heterocycles. The van der Waals surface area contributed by atoms with E-state index >= 15 is 0 Å². The highest BCUT2D eigenvalue weighted by Gasteiger charge is 2.03. The summed E-state index contributed by atoms with van der Waals surface area (Å²) in [7, 11) is 1.58. The van der Waals surface area contributed by atoms with Crippen molar-refractivity contribution in [3.05, 3.63) is 22.7 Å². The van der Waals surface area contributed by atoms with Gasteiger partial charge < -0.3 is 9.84 Å². The van der Waals surface area contributed by atoms with Crippen LogP contribution in [0.15, 0.2) is 27.6 Å². The number of aliphatic carboxylic acids is 1. The summed E-state index contributed by atoms with van der Waals surface area (Å²) in [5.74, 6) is -0.0533. The second kappa shape index (κ2) is 5.26. The molecule has 14 heavy (non-hydrogen) atoms. The molecule has 0 aliphatic carbocycles. The van der Waals surface area contributed by atoms with Crippen molar-refractivity contribution in [1.29, 1.82) is 0 Å². The first-order chi connectivity index (χ1) is 6.63. The van der Waals surface area contributed by atoms with E-state index in [2.05, 4.69) is 15.9 Å². The van der Waals surface area contributed by atoms with Crippen LogP contribution in [-0.2, 0) is 4.79 Å². The van der Waals surface area contributed by atoms with Gasteiger partial charge in [0.25, 0.3) is 0 Å². The summed E-state index contributed by atoms with van der Waals surface area (Å²) in [5.41, 5.74) is 0. The second-order valence-corrected chi connectivity index (χ2v) is 4.38. The van der Waals surface area contributed by atoms with Crippen LogP contribution in [0.1, 0.15) is 0 Å². The van der Waals surface area contributed by atoms with Crippen molar-refractivity contribution in [3.8, 4) is 5.75 Å². The summed E-state index contributed by atoms with van der Waals surface area (Å²) in [6, 6.07) is 5.49. The molecule has 1 rings (SSSR count). The number of thioether (sulfide) groups is 1. The monoisotopic (exact) mass is 276 g/mol. The van der Waals surface area contributed by atoms with Crippen LogP contribution in [0.4, 0.5) is 0 Å². The van der Waals surface area contributed by atoms with Gasteiger partial charge in [0.1, 0.15) is 5.75 Å². The first kappa shape index (κ1) is 11.4. The molecule has 0 aliphatic heterocycles. The molecule has 1 N–H and O–H groups in total. The Kier molecular flexibility index (Phi) is 4.28. The summed E-state index contributed by atoms with van der Waals surface area (Å²) in [4.78, 5) is 11.2. The summed E-state index contributed by atoms with van der Waals surface area (Å²) in [6.45, 7) is 0. The second-order valence-electron chi connectivity index (χ2n) is 2.48. The Balaban J connectivity index is 2.74. The van der Waals surface area contributed by atoms with Gasteiger partial charge in [-0.2, -0.15) is 0 Å². The van der Waals surface area contributed by atoms with Crippen molar-refractivity contribution in [2.24, 2.45) is 0 Å². The maximum Gasteiger partial charge on any atom is 0.313 e. The van der Waals surface area contributed by atoms with Gasteiger partial charge in [-0.05, 0) is 34.1 Å². The zero-order chi connectivity index (χ0) is 10.6. The molecule has 0 fully saturated rings. The van der Waals surface area contributed by atoms with Gasteiger partial charge in [-0.15, -0.1) is 11.8 Å². The Bertz CT molecular complexity index is 341. The van der Waals surface area contributed by atoms with Crippen LogP contribution < -0.4 is 4.74 Å². The lowest BCUT2D eigenvalue weighted by molar-refractivity contribution is -0.133. The minimum absolute atomic E-state index is 0.0603. The Labute approximate surface area is 94.6 Å². The minimum Gasteiger partial charge on any atom is -0.496 e. The van der Waals surface area contributed by atoms with Crippen LogP contribution in [0.2, 0.25) is 0 Å². The lowest BCUT2D eigenvalue weighted by Gasteiger charge is -2.05. The number of halogens is 1. The maximum atomic E-state index is 10.3. The Morgan fingerprint density at radius 3 is 2.93 bits per heavy atom. The zero-order valence-electron chi connectivity index (χ0n) is 7.49. The molecular weight excluding hydrogens is 268 g/mol. The number of ether oxygens (including phenoxy) is 1. The van der Waals surface area contributed by atoms with Crippen LogP contribution >= 0.6 is 27.7 Å². The third-order valence-corrected chi connectivity index (χ3v) is 3.12. The molecule has 0 heterocycles. The van der Waals surface area contributed by atoms with E-state index in [0.717, 1.165) is 9.37 Å². The third kappa shape index (κ3) is 3.23. The Morgan fingerprint density at radius 2 is 2.36 bits per heavy atom. The smallest absolute Gasteiger partial charge is 0.313 e. The van der Waals surface area contributed by atoms with E-state index in [-0.39, 0.29) is 5.75 Å². The topological polar surface area (TPSA) is 46.5 Å². The van der Waals surface area contributed by atoms with Crippen molar-refractivity contribution in [1.82, 2.24) is 0 Å². The zero-order valence-corrected chi connectivity index (χ0v) is 9.89. The number of hydrogen-bond acceptors (Lipinski definition) is 3. The Hall–Kier alpha value is -0.680. The number of rotatable bonds is 4. The molecule has 0 spiro atoms. The first-order valence-electron chi connectivity index (χ1n) is 3.81. The van der Waals surface area contributed by atoms with Crippen molar-refractivity contribution in [2.75, 3.05) is 12.9 Å². The standard InChI is InChI=1S/C9H9BrO3S/c1-13-8-4-6(2-3-7(8)10)14-5-9(11)12/h2-4H,5H2,1H3,(H,11,12). The van der Waals surface area contributed by atoms with Crippen molar-refractivity contribution in [2.45, 2.75) is 4.90 Å². The molecule has 0 unspecified atom stereocenters. The number of benzene rings is 1. The van der Waals surface area contributed by atoms with Gasteiger partial charge in [-0.1, -0.05) is 0 Å². The average Bonchev–Trinajstić information content (AvgIpc) is 2.16. The molecule has 76 valence electrons. The Morgan fingerprint density at radius 1 is 1.64 bits per heavy atom. The molecule has 0 atom stereocenters. The molecule has 0 amide bonds. The van der Waals surface area contributed by atoms with Crippen molar-refractivity contribution >= 4 is 33.7 Å². The lowest BCUT2D eigenvalue weighted by atomic mass is 10.3. The highest BCUT2D eigenvalue weighted by molar-refractivity contribution is 9.10. The summed E-state index contributed by atoms with van der Waals surface area (Å²) < 4.78 is 5.95. The number of hydrogen-bond donors (Lipinski definition) is 1. The quantitative estimate of drug-likeness (QED) is 0.859. The minimum atomic E-state index is -0.822. The normalized spacial score (nSPS) is 9.86. The van der Waals surface area contributed by atoms with Crippen LogP contribution in [0.3, 0.4) is 0 Å². The van der Waals surface area contributed by atoms with Gasteiger partial charge in [0.2, 0.25) is 0 Å². The molecule has 5 heteroatoms. The molecular formula is C9H9BrO3S. The van der Waals surface area contributed by atoms with Crippen LogP contribution in [0.25, 0.3) is 0 Å². The van der Waals surface area contributed by atoms with E-state index in [9.17, 15) is 4.79 Å². The number of carbonyl (C=O) groups is 1.